The monoisotopic (exact) mass is 252 g/mol. The van der Waals surface area contributed by atoms with Gasteiger partial charge in [-0.1, -0.05) is 24.3 Å². The lowest BCUT2D eigenvalue weighted by Gasteiger charge is -2.16. The van der Waals surface area contributed by atoms with Gasteiger partial charge in [-0.25, -0.2) is 0 Å². The molecular weight excluding hydrogens is 236 g/mol. The number of carbonyl (C=O) groups excluding carboxylic acids is 1. The minimum Gasteiger partial charge on any atom is -0.399 e. The van der Waals surface area contributed by atoms with Gasteiger partial charge in [-0.2, -0.15) is 0 Å². The van der Waals surface area contributed by atoms with Gasteiger partial charge in [-0.05, 0) is 41.8 Å². The number of anilines is 1. The predicted octanol–water partition coefficient (Wildman–Crippen LogP) is 2.73. The molecule has 2 aromatic rings. The van der Waals surface area contributed by atoms with E-state index in [1.165, 1.54) is 5.56 Å². The van der Waals surface area contributed by atoms with E-state index in [0.29, 0.717) is 13.1 Å². The quantitative estimate of drug-likeness (QED) is 0.793. The van der Waals surface area contributed by atoms with Crippen LogP contribution in [-0.4, -0.2) is 10.8 Å². The third kappa shape index (κ3) is 2.08. The molecule has 0 bridgehead atoms. The maximum Gasteiger partial charge on any atom is 0.254 e. The summed E-state index contributed by atoms with van der Waals surface area (Å²) in [5.74, 6) is 0.0906. The minimum absolute atomic E-state index is 0.0906. The van der Waals surface area contributed by atoms with Crippen molar-refractivity contribution in [3.8, 4) is 0 Å². The van der Waals surface area contributed by atoms with Crippen molar-refractivity contribution >= 4 is 11.6 Å². The molecule has 0 radical (unpaired) electrons. The second-order valence-electron chi connectivity index (χ2n) is 5.00. The third-order valence-electron chi connectivity index (χ3n) is 3.62. The molecule has 19 heavy (non-hydrogen) atoms. The molecule has 3 nitrogen and oxygen atoms in total. The standard InChI is InChI=1S/C16H16N2O/c1-11-4-2-3-5-15(11)16(19)18-9-12-6-7-14(17)8-13(12)10-18/h2-8H,9-10,17H2,1H3. The lowest BCUT2D eigenvalue weighted by molar-refractivity contribution is 0.0750. The van der Waals surface area contributed by atoms with E-state index in [2.05, 4.69) is 0 Å². The Morgan fingerprint density at radius 2 is 1.84 bits per heavy atom. The fourth-order valence-electron chi connectivity index (χ4n) is 2.54. The van der Waals surface area contributed by atoms with Crippen LogP contribution in [0.3, 0.4) is 0 Å². The minimum atomic E-state index is 0.0906. The van der Waals surface area contributed by atoms with Crippen LogP contribution in [0, 0.1) is 6.92 Å². The Morgan fingerprint density at radius 3 is 2.63 bits per heavy atom. The zero-order chi connectivity index (χ0) is 13.4. The number of fused-ring (bicyclic) bond motifs is 1. The topological polar surface area (TPSA) is 46.3 Å². The summed E-state index contributed by atoms with van der Waals surface area (Å²) in [6, 6.07) is 13.6. The van der Waals surface area contributed by atoms with Crippen molar-refractivity contribution in [3.63, 3.8) is 0 Å². The van der Waals surface area contributed by atoms with Crippen molar-refractivity contribution < 1.29 is 4.79 Å². The number of amides is 1. The summed E-state index contributed by atoms with van der Waals surface area (Å²) in [5.41, 5.74) is 10.7. The Kier molecular flexibility index (Phi) is 2.75. The van der Waals surface area contributed by atoms with Gasteiger partial charge in [0.15, 0.2) is 0 Å². The van der Waals surface area contributed by atoms with Crippen LogP contribution in [-0.2, 0) is 13.1 Å². The molecule has 96 valence electrons. The van der Waals surface area contributed by atoms with Gasteiger partial charge in [0.2, 0.25) is 0 Å². The molecule has 2 N–H and O–H groups in total. The zero-order valence-electron chi connectivity index (χ0n) is 10.9. The second kappa shape index (κ2) is 4.43. The first-order valence-electron chi connectivity index (χ1n) is 6.37. The van der Waals surface area contributed by atoms with E-state index < -0.39 is 0 Å². The van der Waals surface area contributed by atoms with Crippen molar-refractivity contribution in [2.45, 2.75) is 20.0 Å². The van der Waals surface area contributed by atoms with Crippen LogP contribution in [0.2, 0.25) is 0 Å². The highest BCUT2D eigenvalue weighted by atomic mass is 16.2. The highest BCUT2D eigenvalue weighted by Gasteiger charge is 2.24. The Balaban J connectivity index is 1.87. The molecule has 1 aliphatic rings. The summed E-state index contributed by atoms with van der Waals surface area (Å²) in [5, 5.41) is 0. The van der Waals surface area contributed by atoms with Crippen LogP contribution in [0.5, 0.6) is 0 Å². The average molecular weight is 252 g/mol. The number of nitrogen functional groups attached to an aromatic ring is 1. The number of nitrogens with two attached hydrogens (primary N) is 1. The summed E-state index contributed by atoms with van der Waals surface area (Å²) in [7, 11) is 0. The molecule has 2 aromatic carbocycles. The lowest BCUT2D eigenvalue weighted by atomic mass is 10.1. The van der Waals surface area contributed by atoms with Gasteiger partial charge >= 0.3 is 0 Å². The van der Waals surface area contributed by atoms with Crippen LogP contribution < -0.4 is 5.73 Å². The second-order valence-corrected chi connectivity index (χ2v) is 5.00. The van der Waals surface area contributed by atoms with E-state index in [4.69, 9.17) is 5.73 Å². The largest absolute Gasteiger partial charge is 0.399 e. The van der Waals surface area contributed by atoms with E-state index in [9.17, 15) is 4.79 Å². The molecule has 0 atom stereocenters. The van der Waals surface area contributed by atoms with Crippen molar-refractivity contribution in [1.82, 2.24) is 4.90 Å². The molecule has 0 saturated carbocycles. The van der Waals surface area contributed by atoms with Crippen molar-refractivity contribution in [2.75, 3.05) is 5.73 Å². The summed E-state index contributed by atoms with van der Waals surface area (Å²) in [6.07, 6.45) is 0. The van der Waals surface area contributed by atoms with Crippen molar-refractivity contribution in [3.05, 3.63) is 64.7 Å². The summed E-state index contributed by atoms with van der Waals surface area (Å²) in [6.45, 7) is 3.28. The number of benzene rings is 2. The Hall–Kier alpha value is -2.29. The SMILES string of the molecule is Cc1ccccc1C(=O)N1Cc2ccc(N)cc2C1. The maximum atomic E-state index is 12.5. The Bertz CT molecular complexity index is 649. The molecule has 0 spiro atoms. The molecule has 0 saturated heterocycles. The van der Waals surface area contributed by atoms with Crippen LogP contribution in [0.4, 0.5) is 5.69 Å². The molecule has 1 amide bonds. The highest BCUT2D eigenvalue weighted by molar-refractivity contribution is 5.95. The first kappa shape index (κ1) is 11.8. The van der Waals surface area contributed by atoms with Crippen molar-refractivity contribution in [1.29, 1.82) is 0 Å². The number of hydrogen-bond acceptors (Lipinski definition) is 2. The molecule has 3 rings (SSSR count). The molecule has 3 heteroatoms. The van der Waals surface area contributed by atoms with E-state index in [1.807, 2.05) is 54.3 Å². The van der Waals surface area contributed by atoms with Crippen molar-refractivity contribution in [2.24, 2.45) is 0 Å². The Labute approximate surface area is 112 Å². The molecule has 1 heterocycles. The van der Waals surface area contributed by atoms with Crippen LogP contribution in [0.1, 0.15) is 27.0 Å². The summed E-state index contributed by atoms with van der Waals surface area (Å²) < 4.78 is 0. The van der Waals surface area contributed by atoms with Gasteiger partial charge in [-0.3, -0.25) is 4.79 Å². The Morgan fingerprint density at radius 1 is 1.11 bits per heavy atom. The first-order chi connectivity index (χ1) is 9.15. The smallest absolute Gasteiger partial charge is 0.254 e. The maximum absolute atomic E-state index is 12.5. The fraction of sp³-hybridized carbons (Fsp3) is 0.188. The van der Waals surface area contributed by atoms with Gasteiger partial charge < -0.3 is 10.6 Å². The molecule has 1 aliphatic heterocycles. The zero-order valence-corrected chi connectivity index (χ0v) is 10.9. The van der Waals surface area contributed by atoms with E-state index in [-0.39, 0.29) is 5.91 Å². The van der Waals surface area contributed by atoms with E-state index >= 15 is 0 Å². The third-order valence-corrected chi connectivity index (χ3v) is 3.62. The summed E-state index contributed by atoms with van der Waals surface area (Å²) in [4.78, 5) is 14.4. The highest BCUT2D eigenvalue weighted by Crippen LogP contribution is 2.26. The van der Waals surface area contributed by atoms with Gasteiger partial charge in [-0.15, -0.1) is 0 Å². The molecule has 0 fully saturated rings. The molecule has 0 aliphatic carbocycles. The van der Waals surface area contributed by atoms with Crippen LogP contribution in [0.25, 0.3) is 0 Å². The van der Waals surface area contributed by atoms with E-state index in [0.717, 1.165) is 22.4 Å². The van der Waals surface area contributed by atoms with E-state index in [1.54, 1.807) is 0 Å². The number of hydrogen-bond donors (Lipinski definition) is 1. The first-order valence-corrected chi connectivity index (χ1v) is 6.37. The lowest BCUT2D eigenvalue weighted by Crippen LogP contribution is -2.25. The normalized spacial score (nSPS) is 13.4. The average Bonchev–Trinajstić information content (AvgIpc) is 2.81. The van der Waals surface area contributed by atoms with Gasteiger partial charge in [0, 0.05) is 24.3 Å². The van der Waals surface area contributed by atoms with Gasteiger partial charge in [0.05, 0.1) is 0 Å². The summed E-state index contributed by atoms with van der Waals surface area (Å²) >= 11 is 0. The molecular formula is C16H16N2O. The van der Waals surface area contributed by atoms with Crippen LogP contribution in [0.15, 0.2) is 42.5 Å². The number of nitrogens with zero attached hydrogens (tertiary/aromatic N) is 1. The molecule has 0 unspecified atom stereocenters. The number of aryl methyl sites for hydroxylation is 1. The molecule has 0 aromatic heterocycles. The van der Waals surface area contributed by atoms with Crippen LogP contribution >= 0.6 is 0 Å². The number of carbonyl (C=O) groups is 1. The van der Waals surface area contributed by atoms with Gasteiger partial charge in [0.25, 0.3) is 5.91 Å². The predicted molar refractivity (Wildman–Crippen MR) is 75.6 cm³/mol. The number of rotatable bonds is 1. The fourth-order valence-corrected chi connectivity index (χ4v) is 2.54. The van der Waals surface area contributed by atoms with Gasteiger partial charge in [0.1, 0.15) is 0 Å².